The van der Waals surface area contributed by atoms with Gasteiger partial charge in [-0.2, -0.15) is 5.26 Å². The molecule has 42 valence electrons. The summed E-state index contributed by atoms with van der Waals surface area (Å²) in [5.41, 5.74) is 6.22. The van der Waals surface area contributed by atoms with Crippen molar-refractivity contribution in [3.05, 3.63) is 11.1 Å². The second kappa shape index (κ2) is 2.10. The van der Waals surface area contributed by atoms with Crippen LogP contribution in [0.1, 0.15) is 6.42 Å². The van der Waals surface area contributed by atoms with E-state index in [1.165, 1.54) is 11.8 Å². The van der Waals surface area contributed by atoms with Gasteiger partial charge in [0, 0.05) is 12.1 Å². The third-order valence-electron chi connectivity index (χ3n) is 0.949. The summed E-state index contributed by atoms with van der Waals surface area (Å²) in [4.78, 5) is 0. The number of allylic oxidation sites excluding steroid dienone is 1. The van der Waals surface area contributed by atoms with Crippen molar-refractivity contribution in [3.63, 3.8) is 0 Å². The molecule has 3 heteroatoms. The van der Waals surface area contributed by atoms with Crippen molar-refractivity contribution in [3.8, 4) is 6.07 Å². The third-order valence-corrected chi connectivity index (χ3v) is 1.99. The van der Waals surface area contributed by atoms with E-state index in [9.17, 15) is 0 Å². The van der Waals surface area contributed by atoms with Crippen molar-refractivity contribution < 1.29 is 0 Å². The molecule has 0 aromatic carbocycles. The van der Waals surface area contributed by atoms with Crippen LogP contribution in [0.25, 0.3) is 0 Å². The fourth-order valence-electron chi connectivity index (χ4n) is 0.556. The molecule has 1 heterocycles. The van der Waals surface area contributed by atoms with Crippen LogP contribution >= 0.6 is 11.8 Å². The Labute approximate surface area is 52.4 Å². The molecule has 0 saturated heterocycles. The van der Waals surface area contributed by atoms with Gasteiger partial charge in [-0.3, -0.25) is 0 Å². The van der Waals surface area contributed by atoms with Crippen molar-refractivity contribution in [1.82, 2.24) is 0 Å². The monoisotopic (exact) mass is 126 g/mol. The Morgan fingerprint density at radius 1 is 2.00 bits per heavy atom. The number of nitrogens with zero attached hydrogens (tertiary/aromatic N) is 1. The maximum atomic E-state index is 8.32. The van der Waals surface area contributed by atoms with Gasteiger partial charge >= 0.3 is 0 Å². The van der Waals surface area contributed by atoms with E-state index in [2.05, 4.69) is 6.07 Å². The van der Waals surface area contributed by atoms with Crippen LogP contribution in [0.3, 0.4) is 0 Å². The highest BCUT2D eigenvalue weighted by molar-refractivity contribution is 8.03. The minimum Gasteiger partial charge on any atom is -0.402 e. The lowest BCUT2D eigenvalue weighted by atomic mass is 10.3. The Morgan fingerprint density at radius 3 is 3.00 bits per heavy atom. The molecule has 0 aromatic heterocycles. The van der Waals surface area contributed by atoms with E-state index in [0.29, 0.717) is 0 Å². The van der Waals surface area contributed by atoms with E-state index < -0.39 is 0 Å². The normalized spacial score (nSPS) is 26.9. The lowest BCUT2D eigenvalue weighted by Crippen LogP contribution is -1.98. The number of thioether (sulfide) groups is 1. The van der Waals surface area contributed by atoms with E-state index in [4.69, 9.17) is 11.0 Å². The standard InChI is InChI=1S/C5H6N2S/c6-2-5-1-4(7)3-8-5/h3,5H,1,7H2. The molecule has 1 aliphatic rings. The molecule has 0 aliphatic carbocycles. The molecule has 0 saturated carbocycles. The molecule has 1 unspecified atom stereocenters. The molecule has 0 radical (unpaired) electrons. The number of nitrogens with two attached hydrogens (primary N) is 1. The summed E-state index contributed by atoms with van der Waals surface area (Å²) < 4.78 is 0. The third kappa shape index (κ3) is 0.958. The second-order valence-corrected chi connectivity index (χ2v) is 2.73. The van der Waals surface area contributed by atoms with Gasteiger partial charge in [-0.25, -0.2) is 0 Å². The smallest absolute Gasteiger partial charge is 0.101 e. The Balaban J connectivity index is 2.47. The van der Waals surface area contributed by atoms with E-state index in [-0.39, 0.29) is 5.25 Å². The number of rotatable bonds is 0. The van der Waals surface area contributed by atoms with Crippen LogP contribution in [-0.2, 0) is 0 Å². The maximum Gasteiger partial charge on any atom is 0.101 e. The minimum atomic E-state index is 0.0787. The van der Waals surface area contributed by atoms with E-state index in [1.807, 2.05) is 5.41 Å². The van der Waals surface area contributed by atoms with Gasteiger partial charge in [0.25, 0.3) is 0 Å². The predicted octanol–water partition coefficient (Wildman–Crippen LogP) is 0.816. The van der Waals surface area contributed by atoms with E-state index >= 15 is 0 Å². The first kappa shape index (κ1) is 5.52. The van der Waals surface area contributed by atoms with Crippen LogP contribution in [0.15, 0.2) is 11.1 Å². The van der Waals surface area contributed by atoms with Gasteiger partial charge in [0.05, 0.1) is 6.07 Å². The van der Waals surface area contributed by atoms with Crippen LogP contribution in [-0.4, -0.2) is 5.25 Å². The molecule has 1 atom stereocenters. The highest BCUT2D eigenvalue weighted by atomic mass is 32.2. The van der Waals surface area contributed by atoms with Gasteiger partial charge in [-0.15, -0.1) is 11.8 Å². The minimum absolute atomic E-state index is 0.0787. The van der Waals surface area contributed by atoms with Crippen molar-refractivity contribution in [2.75, 3.05) is 0 Å². The summed E-state index contributed by atoms with van der Waals surface area (Å²) in [6.07, 6.45) is 0.737. The fraction of sp³-hybridized carbons (Fsp3) is 0.400. The van der Waals surface area contributed by atoms with Gasteiger partial charge < -0.3 is 5.73 Å². The number of hydrogen-bond acceptors (Lipinski definition) is 3. The summed E-state index contributed by atoms with van der Waals surface area (Å²) in [6, 6.07) is 2.13. The largest absolute Gasteiger partial charge is 0.402 e. The van der Waals surface area contributed by atoms with Crippen molar-refractivity contribution in [2.24, 2.45) is 5.73 Å². The quantitative estimate of drug-likeness (QED) is 0.522. The molecule has 8 heavy (non-hydrogen) atoms. The first-order valence-corrected chi connectivity index (χ1v) is 3.27. The molecule has 2 N–H and O–H groups in total. The second-order valence-electron chi connectivity index (χ2n) is 1.65. The summed E-state index contributed by atoms with van der Waals surface area (Å²) in [7, 11) is 0. The maximum absolute atomic E-state index is 8.32. The van der Waals surface area contributed by atoms with E-state index in [1.54, 1.807) is 0 Å². The van der Waals surface area contributed by atoms with Crippen LogP contribution in [0.4, 0.5) is 0 Å². The van der Waals surface area contributed by atoms with Crippen molar-refractivity contribution in [1.29, 1.82) is 5.26 Å². The summed E-state index contributed by atoms with van der Waals surface area (Å²) in [5.74, 6) is 0. The Hall–Kier alpha value is -0.620. The molecule has 0 aromatic rings. The van der Waals surface area contributed by atoms with E-state index in [0.717, 1.165) is 12.1 Å². The first-order valence-electron chi connectivity index (χ1n) is 2.32. The zero-order chi connectivity index (χ0) is 5.98. The van der Waals surface area contributed by atoms with Crippen molar-refractivity contribution >= 4 is 11.8 Å². The molecular formula is C5H6N2S. The zero-order valence-electron chi connectivity index (χ0n) is 4.29. The summed E-state index contributed by atoms with van der Waals surface area (Å²) in [5, 5.41) is 10.2. The summed E-state index contributed by atoms with van der Waals surface area (Å²) in [6.45, 7) is 0. The zero-order valence-corrected chi connectivity index (χ0v) is 5.11. The van der Waals surface area contributed by atoms with Crippen LogP contribution in [0, 0.1) is 11.3 Å². The van der Waals surface area contributed by atoms with Crippen LogP contribution < -0.4 is 5.73 Å². The summed E-state index contributed by atoms with van der Waals surface area (Å²) >= 11 is 1.50. The highest BCUT2D eigenvalue weighted by Gasteiger charge is 2.13. The molecule has 2 nitrogen and oxygen atoms in total. The Morgan fingerprint density at radius 2 is 2.75 bits per heavy atom. The molecular weight excluding hydrogens is 120 g/mol. The number of nitriles is 1. The van der Waals surface area contributed by atoms with Gasteiger partial charge in [0.15, 0.2) is 0 Å². The first-order chi connectivity index (χ1) is 3.83. The van der Waals surface area contributed by atoms with Gasteiger partial charge in [0.2, 0.25) is 0 Å². The van der Waals surface area contributed by atoms with Gasteiger partial charge in [-0.1, -0.05) is 0 Å². The average molecular weight is 126 g/mol. The van der Waals surface area contributed by atoms with Gasteiger partial charge in [-0.05, 0) is 5.41 Å². The molecule has 1 aliphatic heterocycles. The fourth-order valence-corrected chi connectivity index (χ4v) is 1.34. The van der Waals surface area contributed by atoms with Crippen LogP contribution in [0.5, 0.6) is 0 Å². The lowest BCUT2D eigenvalue weighted by molar-refractivity contribution is 1.01. The molecule has 0 bridgehead atoms. The van der Waals surface area contributed by atoms with Crippen molar-refractivity contribution in [2.45, 2.75) is 11.7 Å². The SMILES string of the molecule is N#CC1CC(N)=CS1. The van der Waals surface area contributed by atoms with Gasteiger partial charge in [0.1, 0.15) is 5.25 Å². The average Bonchev–Trinajstić information content (AvgIpc) is 2.14. The highest BCUT2D eigenvalue weighted by Crippen LogP contribution is 2.25. The molecule has 1 rings (SSSR count). The molecule has 0 amide bonds. The Bertz CT molecular complexity index is 156. The number of hydrogen-bond donors (Lipinski definition) is 1. The molecule has 0 fully saturated rings. The Kier molecular flexibility index (Phi) is 1.45. The van der Waals surface area contributed by atoms with Crippen LogP contribution in [0.2, 0.25) is 0 Å². The topological polar surface area (TPSA) is 49.8 Å². The predicted molar refractivity (Wildman–Crippen MR) is 33.9 cm³/mol. The molecule has 0 spiro atoms. The lowest BCUT2D eigenvalue weighted by Gasteiger charge is -1.91.